The molecule has 0 heterocycles. The first-order valence-electron chi connectivity index (χ1n) is 4.10. The van der Waals surface area contributed by atoms with Crippen molar-refractivity contribution in [3.05, 3.63) is 47.8 Å². The van der Waals surface area contributed by atoms with E-state index in [4.69, 9.17) is 5.11 Å². The van der Waals surface area contributed by atoms with Crippen LogP contribution >= 0.6 is 0 Å². The van der Waals surface area contributed by atoms with Gasteiger partial charge in [0.1, 0.15) is 5.82 Å². The van der Waals surface area contributed by atoms with Gasteiger partial charge in [-0.1, -0.05) is 36.4 Å². The molecule has 2 heteroatoms. The fraction of sp³-hybridized carbons (Fsp3) is 0.0909. The normalized spacial score (nSPS) is 10.6. The Labute approximate surface area is 75.4 Å². The van der Waals surface area contributed by atoms with Crippen LogP contribution < -0.4 is 0 Å². The number of rotatable bonds is 1. The Morgan fingerprint density at radius 1 is 1.08 bits per heavy atom. The Bertz CT molecular complexity index is 437. The van der Waals surface area contributed by atoms with Crippen LogP contribution in [0, 0.1) is 5.82 Å². The van der Waals surface area contributed by atoms with E-state index in [1.165, 1.54) is 0 Å². The van der Waals surface area contributed by atoms with Crippen LogP contribution in [0.4, 0.5) is 4.39 Å². The Balaban J connectivity index is 2.79. The molecule has 0 aromatic heterocycles. The maximum atomic E-state index is 13.5. The second-order valence-corrected chi connectivity index (χ2v) is 2.92. The van der Waals surface area contributed by atoms with Crippen LogP contribution in [0.3, 0.4) is 0 Å². The smallest absolute Gasteiger partial charge is 0.136 e. The second kappa shape index (κ2) is 3.15. The highest BCUT2D eigenvalue weighted by atomic mass is 19.1. The van der Waals surface area contributed by atoms with Gasteiger partial charge in [-0.15, -0.1) is 0 Å². The molecule has 0 radical (unpaired) electrons. The minimum atomic E-state index is -0.319. The fourth-order valence-corrected chi connectivity index (χ4v) is 1.40. The number of halogens is 1. The first-order chi connectivity index (χ1) is 6.33. The minimum Gasteiger partial charge on any atom is -0.392 e. The van der Waals surface area contributed by atoms with Crippen LogP contribution in [0.15, 0.2) is 36.4 Å². The summed E-state index contributed by atoms with van der Waals surface area (Å²) in [7, 11) is 0. The van der Waals surface area contributed by atoms with Gasteiger partial charge in [-0.2, -0.15) is 0 Å². The van der Waals surface area contributed by atoms with Crippen LogP contribution in [-0.4, -0.2) is 5.11 Å². The number of fused-ring (bicyclic) bond motifs is 1. The zero-order chi connectivity index (χ0) is 9.26. The Morgan fingerprint density at radius 3 is 2.62 bits per heavy atom. The molecule has 0 saturated carbocycles. The van der Waals surface area contributed by atoms with Gasteiger partial charge in [-0.05, 0) is 5.39 Å². The maximum Gasteiger partial charge on any atom is 0.136 e. The Hall–Kier alpha value is -1.41. The molecule has 13 heavy (non-hydrogen) atoms. The van der Waals surface area contributed by atoms with Crippen molar-refractivity contribution in [1.82, 2.24) is 0 Å². The summed E-state index contributed by atoms with van der Waals surface area (Å²) >= 11 is 0. The molecule has 0 unspecified atom stereocenters. The molecule has 0 amide bonds. The summed E-state index contributed by atoms with van der Waals surface area (Å²) in [6, 6.07) is 10.6. The molecule has 0 saturated heterocycles. The van der Waals surface area contributed by atoms with E-state index in [-0.39, 0.29) is 12.4 Å². The average Bonchev–Trinajstić information content (AvgIpc) is 2.19. The van der Waals surface area contributed by atoms with Crippen LogP contribution in [0.5, 0.6) is 0 Å². The average molecular weight is 176 g/mol. The van der Waals surface area contributed by atoms with Crippen molar-refractivity contribution in [2.45, 2.75) is 6.61 Å². The number of aliphatic hydroxyl groups excluding tert-OH is 1. The maximum absolute atomic E-state index is 13.5. The van der Waals surface area contributed by atoms with Crippen molar-refractivity contribution in [3.63, 3.8) is 0 Å². The number of benzene rings is 2. The van der Waals surface area contributed by atoms with Gasteiger partial charge in [0, 0.05) is 10.9 Å². The Kier molecular flexibility index (Phi) is 1.99. The van der Waals surface area contributed by atoms with Crippen molar-refractivity contribution in [3.8, 4) is 0 Å². The van der Waals surface area contributed by atoms with E-state index in [1.807, 2.05) is 18.2 Å². The van der Waals surface area contributed by atoms with Crippen LogP contribution in [0.2, 0.25) is 0 Å². The van der Waals surface area contributed by atoms with E-state index >= 15 is 0 Å². The number of hydrogen-bond donors (Lipinski definition) is 1. The molecule has 1 N–H and O–H groups in total. The topological polar surface area (TPSA) is 20.2 Å². The lowest BCUT2D eigenvalue weighted by molar-refractivity contribution is 0.276. The second-order valence-electron chi connectivity index (χ2n) is 2.92. The van der Waals surface area contributed by atoms with Gasteiger partial charge in [0.2, 0.25) is 0 Å². The lowest BCUT2D eigenvalue weighted by Crippen LogP contribution is -1.90. The molecule has 1 nitrogen and oxygen atoms in total. The third-order valence-electron chi connectivity index (χ3n) is 2.11. The van der Waals surface area contributed by atoms with E-state index in [1.54, 1.807) is 18.2 Å². The summed E-state index contributed by atoms with van der Waals surface area (Å²) in [6.07, 6.45) is 0. The van der Waals surface area contributed by atoms with Crippen LogP contribution in [0.25, 0.3) is 10.8 Å². The molecule has 0 fully saturated rings. The highest BCUT2D eigenvalue weighted by Gasteiger charge is 2.04. The molecule has 0 aliphatic rings. The van der Waals surface area contributed by atoms with Gasteiger partial charge in [-0.25, -0.2) is 4.39 Å². The molecule has 2 rings (SSSR count). The van der Waals surface area contributed by atoms with Crippen molar-refractivity contribution in [1.29, 1.82) is 0 Å². The van der Waals surface area contributed by atoms with Gasteiger partial charge >= 0.3 is 0 Å². The third-order valence-corrected chi connectivity index (χ3v) is 2.11. The molecule has 0 aliphatic heterocycles. The fourth-order valence-electron chi connectivity index (χ4n) is 1.40. The lowest BCUT2D eigenvalue weighted by Gasteiger charge is -2.02. The molecule has 0 bridgehead atoms. The zero-order valence-electron chi connectivity index (χ0n) is 7.00. The predicted octanol–water partition coefficient (Wildman–Crippen LogP) is 2.47. The van der Waals surface area contributed by atoms with E-state index in [0.29, 0.717) is 10.9 Å². The van der Waals surface area contributed by atoms with Crippen molar-refractivity contribution < 1.29 is 9.50 Å². The van der Waals surface area contributed by atoms with Crippen molar-refractivity contribution >= 4 is 10.8 Å². The molecule has 0 atom stereocenters. The highest BCUT2D eigenvalue weighted by molar-refractivity contribution is 5.83. The molecule has 0 aliphatic carbocycles. The summed E-state index contributed by atoms with van der Waals surface area (Å²) in [5, 5.41) is 10.3. The standard InChI is InChI=1S/C11H9FO/c12-11-9(7-13)6-5-8-3-1-2-4-10(8)11/h1-6,13H,7H2. The third kappa shape index (κ3) is 1.29. The summed E-state index contributed by atoms with van der Waals surface area (Å²) in [5.41, 5.74) is 0.346. The molecule has 0 spiro atoms. The zero-order valence-corrected chi connectivity index (χ0v) is 7.00. The van der Waals surface area contributed by atoms with Gasteiger partial charge in [0.05, 0.1) is 6.61 Å². The van der Waals surface area contributed by atoms with Gasteiger partial charge in [0.15, 0.2) is 0 Å². The molecular formula is C11H9FO. The van der Waals surface area contributed by atoms with E-state index in [2.05, 4.69) is 0 Å². The van der Waals surface area contributed by atoms with E-state index < -0.39 is 0 Å². The minimum absolute atomic E-state index is 0.253. The Morgan fingerprint density at radius 2 is 1.85 bits per heavy atom. The molecule has 66 valence electrons. The highest BCUT2D eigenvalue weighted by Crippen LogP contribution is 2.20. The molecule has 2 aromatic rings. The van der Waals surface area contributed by atoms with Gasteiger partial charge in [-0.3, -0.25) is 0 Å². The summed E-state index contributed by atoms with van der Waals surface area (Å²) < 4.78 is 13.5. The number of hydrogen-bond acceptors (Lipinski definition) is 1. The van der Waals surface area contributed by atoms with Gasteiger partial charge in [0.25, 0.3) is 0 Å². The van der Waals surface area contributed by atoms with Crippen LogP contribution in [0.1, 0.15) is 5.56 Å². The first-order valence-corrected chi connectivity index (χ1v) is 4.10. The SMILES string of the molecule is OCc1ccc2ccccc2c1F. The van der Waals surface area contributed by atoms with Gasteiger partial charge < -0.3 is 5.11 Å². The van der Waals surface area contributed by atoms with E-state index in [0.717, 1.165) is 5.39 Å². The van der Waals surface area contributed by atoms with Crippen LogP contribution in [-0.2, 0) is 6.61 Å². The van der Waals surface area contributed by atoms with Crippen molar-refractivity contribution in [2.75, 3.05) is 0 Å². The summed E-state index contributed by atoms with van der Waals surface area (Å²) in [5.74, 6) is -0.319. The molecule has 2 aromatic carbocycles. The number of aliphatic hydroxyl groups is 1. The quantitative estimate of drug-likeness (QED) is 0.707. The summed E-state index contributed by atoms with van der Waals surface area (Å²) in [6.45, 7) is -0.253. The monoisotopic (exact) mass is 176 g/mol. The first kappa shape index (κ1) is 8.20. The molecular weight excluding hydrogens is 167 g/mol. The summed E-state index contributed by atoms with van der Waals surface area (Å²) in [4.78, 5) is 0. The predicted molar refractivity (Wildman–Crippen MR) is 49.8 cm³/mol. The lowest BCUT2D eigenvalue weighted by atomic mass is 10.1. The van der Waals surface area contributed by atoms with Crippen molar-refractivity contribution in [2.24, 2.45) is 0 Å². The van der Waals surface area contributed by atoms with E-state index in [9.17, 15) is 4.39 Å². The largest absolute Gasteiger partial charge is 0.392 e.